The number of benzene rings is 2. The summed E-state index contributed by atoms with van der Waals surface area (Å²) in [6, 6.07) is 14.8. The third kappa shape index (κ3) is 5.93. The summed E-state index contributed by atoms with van der Waals surface area (Å²) in [7, 11) is -3.72. The zero-order valence-electron chi connectivity index (χ0n) is 18.7. The molecule has 2 fully saturated rings. The number of anilines is 1. The number of amides is 2. The van der Waals surface area contributed by atoms with Gasteiger partial charge in [0.25, 0.3) is 15.9 Å². The predicted molar refractivity (Wildman–Crippen MR) is 127 cm³/mol. The molecule has 2 aliphatic rings. The Labute approximate surface area is 195 Å². The lowest BCUT2D eigenvalue weighted by molar-refractivity contribution is -0.126. The highest BCUT2D eigenvalue weighted by Gasteiger charge is 2.28. The molecule has 2 N–H and O–H groups in total. The molecule has 0 unspecified atom stereocenters. The lowest BCUT2D eigenvalue weighted by Crippen LogP contribution is -2.48. The molecule has 7 nitrogen and oxygen atoms in total. The zero-order chi connectivity index (χ0) is 23.3. The number of rotatable bonds is 6. The van der Waals surface area contributed by atoms with Crippen molar-refractivity contribution in [1.29, 1.82) is 0 Å². The van der Waals surface area contributed by atoms with Gasteiger partial charge in [-0.2, -0.15) is 0 Å². The molecule has 1 aliphatic carbocycles. The average Bonchev–Trinajstić information content (AvgIpc) is 2.85. The number of sulfonamides is 1. The minimum atomic E-state index is -3.72. The fourth-order valence-corrected chi connectivity index (χ4v) is 5.65. The van der Waals surface area contributed by atoms with Gasteiger partial charge in [0.2, 0.25) is 5.91 Å². The lowest BCUT2D eigenvalue weighted by Gasteiger charge is -2.33. The average molecular weight is 470 g/mol. The summed E-state index contributed by atoms with van der Waals surface area (Å²) in [5.74, 6) is 0.192. The fraction of sp³-hybridized carbons (Fsp3) is 0.440. The molecule has 0 atom stereocenters. The van der Waals surface area contributed by atoms with Crippen molar-refractivity contribution in [2.24, 2.45) is 5.92 Å². The van der Waals surface area contributed by atoms with E-state index < -0.39 is 10.0 Å². The van der Waals surface area contributed by atoms with Gasteiger partial charge in [-0.05, 0) is 62.1 Å². The third-order valence-electron chi connectivity index (χ3n) is 6.54. The molecule has 1 saturated heterocycles. The van der Waals surface area contributed by atoms with Gasteiger partial charge in [-0.3, -0.25) is 14.3 Å². The Morgan fingerprint density at radius 3 is 2.09 bits per heavy atom. The first-order valence-electron chi connectivity index (χ1n) is 11.7. The van der Waals surface area contributed by atoms with Gasteiger partial charge in [0.15, 0.2) is 0 Å². The molecule has 0 bridgehead atoms. The Balaban J connectivity index is 1.30. The largest absolute Gasteiger partial charge is 0.353 e. The number of para-hydroxylation sites is 1. The summed E-state index contributed by atoms with van der Waals surface area (Å²) >= 11 is 0. The van der Waals surface area contributed by atoms with Crippen LogP contribution < -0.4 is 10.0 Å². The van der Waals surface area contributed by atoms with Crippen molar-refractivity contribution in [1.82, 2.24) is 10.2 Å². The van der Waals surface area contributed by atoms with E-state index in [9.17, 15) is 18.0 Å². The van der Waals surface area contributed by atoms with Gasteiger partial charge in [0, 0.05) is 36.3 Å². The highest BCUT2D eigenvalue weighted by atomic mass is 32.2. The van der Waals surface area contributed by atoms with Crippen LogP contribution in [-0.2, 0) is 14.8 Å². The number of carbonyl (C=O) groups excluding carboxylic acids is 2. The van der Waals surface area contributed by atoms with E-state index in [0.29, 0.717) is 24.3 Å². The molecule has 8 heteroatoms. The molecule has 1 heterocycles. The van der Waals surface area contributed by atoms with Crippen molar-refractivity contribution in [3.05, 3.63) is 60.2 Å². The van der Waals surface area contributed by atoms with Crippen LogP contribution in [0, 0.1) is 5.92 Å². The van der Waals surface area contributed by atoms with Crippen molar-refractivity contribution in [2.75, 3.05) is 17.8 Å². The minimum Gasteiger partial charge on any atom is -0.353 e. The van der Waals surface area contributed by atoms with E-state index in [2.05, 4.69) is 10.0 Å². The van der Waals surface area contributed by atoms with Gasteiger partial charge in [0.1, 0.15) is 0 Å². The molecular weight excluding hydrogens is 438 g/mol. The van der Waals surface area contributed by atoms with Crippen molar-refractivity contribution < 1.29 is 18.0 Å². The molecule has 0 spiro atoms. The summed E-state index contributed by atoms with van der Waals surface area (Å²) < 4.78 is 27.7. The number of nitrogens with zero attached hydrogens (tertiary/aromatic N) is 1. The standard InChI is InChI=1S/C25H31N3O4S/c29-24(19-7-3-1-4-8-19)26-21-15-17-28(18-16-21)25(30)20-11-13-23(14-12-20)33(31,32)27-22-9-5-2-6-10-22/h2,5-6,9-14,19,21,27H,1,3-4,7-8,15-18H2,(H,26,29). The quantitative estimate of drug-likeness (QED) is 0.673. The maximum atomic E-state index is 12.9. The number of carbonyl (C=O) groups is 2. The van der Waals surface area contributed by atoms with Gasteiger partial charge in [0.05, 0.1) is 4.90 Å². The maximum absolute atomic E-state index is 12.9. The van der Waals surface area contributed by atoms with Crippen LogP contribution in [0.2, 0.25) is 0 Å². The number of hydrogen-bond acceptors (Lipinski definition) is 4. The minimum absolute atomic E-state index is 0.104. The fourth-order valence-electron chi connectivity index (χ4n) is 4.59. The van der Waals surface area contributed by atoms with Gasteiger partial charge < -0.3 is 10.2 Å². The molecule has 1 saturated carbocycles. The van der Waals surface area contributed by atoms with Crippen molar-refractivity contribution in [3.8, 4) is 0 Å². The molecule has 33 heavy (non-hydrogen) atoms. The van der Waals surface area contributed by atoms with Crippen LogP contribution in [0.3, 0.4) is 0 Å². The second kappa shape index (κ2) is 10.4. The molecule has 4 rings (SSSR count). The van der Waals surface area contributed by atoms with Gasteiger partial charge in [-0.25, -0.2) is 8.42 Å². The second-order valence-electron chi connectivity index (χ2n) is 8.91. The van der Waals surface area contributed by atoms with Gasteiger partial charge in [-0.15, -0.1) is 0 Å². The Morgan fingerprint density at radius 1 is 0.818 bits per heavy atom. The van der Waals surface area contributed by atoms with E-state index in [1.165, 1.54) is 18.6 Å². The van der Waals surface area contributed by atoms with E-state index in [-0.39, 0.29) is 28.7 Å². The number of piperidine rings is 1. The topological polar surface area (TPSA) is 95.6 Å². The van der Waals surface area contributed by atoms with Crippen LogP contribution in [0.4, 0.5) is 5.69 Å². The Bertz CT molecular complexity index is 1060. The first-order valence-corrected chi connectivity index (χ1v) is 13.2. The molecule has 176 valence electrons. The summed E-state index contributed by atoms with van der Waals surface area (Å²) in [5.41, 5.74) is 0.939. The molecule has 2 aromatic rings. The van der Waals surface area contributed by atoms with Crippen LogP contribution in [0.15, 0.2) is 59.5 Å². The third-order valence-corrected chi connectivity index (χ3v) is 7.94. The van der Waals surface area contributed by atoms with Crippen LogP contribution in [-0.4, -0.2) is 44.3 Å². The summed E-state index contributed by atoms with van der Waals surface area (Å²) in [6.07, 6.45) is 6.92. The normalized spacial score (nSPS) is 18.0. The second-order valence-corrected chi connectivity index (χ2v) is 10.6. The monoisotopic (exact) mass is 469 g/mol. The van der Waals surface area contributed by atoms with Crippen molar-refractivity contribution >= 4 is 27.5 Å². The number of hydrogen-bond donors (Lipinski definition) is 2. The predicted octanol–water partition coefficient (Wildman–Crippen LogP) is 3.79. The van der Waals surface area contributed by atoms with Crippen molar-refractivity contribution in [2.45, 2.75) is 55.9 Å². The zero-order valence-corrected chi connectivity index (χ0v) is 19.5. The first kappa shape index (κ1) is 23.3. The molecular formula is C25H31N3O4S. The molecule has 1 aliphatic heterocycles. The van der Waals surface area contributed by atoms with Crippen LogP contribution >= 0.6 is 0 Å². The van der Waals surface area contributed by atoms with E-state index in [4.69, 9.17) is 0 Å². The summed E-state index contributed by atoms with van der Waals surface area (Å²) in [6.45, 7) is 1.15. The molecule has 0 aromatic heterocycles. The lowest BCUT2D eigenvalue weighted by atomic mass is 9.88. The Hall–Kier alpha value is -2.87. The van der Waals surface area contributed by atoms with Crippen LogP contribution in [0.5, 0.6) is 0 Å². The van der Waals surface area contributed by atoms with E-state index >= 15 is 0 Å². The van der Waals surface area contributed by atoms with E-state index in [0.717, 1.165) is 38.5 Å². The smallest absolute Gasteiger partial charge is 0.261 e. The van der Waals surface area contributed by atoms with Gasteiger partial charge >= 0.3 is 0 Å². The Kier molecular flexibility index (Phi) is 7.33. The van der Waals surface area contributed by atoms with E-state index in [1.807, 2.05) is 6.07 Å². The molecule has 0 radical (unpaired) electrons. The van der Waals surface area contributed by atoms with Crippen LogP contribution in [0.25, 0.3) is 0 Å². The Morgan fingerprint density at radius 2 is 1.45 bits per heavy atom. The van der Waals surface area contributed by atoms with Crippen LogP contribution in [0.1, 0.15) is 55.3 Å². The first-order chi connectivity index (χ1) is 15.9. The number of nitrogens with one attached hydrogen (secondary N) is 2. The maximum Gasteiger partial charge on any atom is 0.261 e. The molecule has 2 aromatic carbocycles. The summed E-state index contributed by atoms with van der Waals surface area (Å²) in [5, 5.41) is 3.18. The van der Waals surface area contributed by atoms with E-state index in [1.54, 1.807) is 41.3 Å². The summed E-state index contributed by atoms with van der Waals surface area (Å²) in [4.78, 5) is 27.3. The SMILES string of the molecule is O=C(NC1CCN(C(=O)c2ccc(S(=O)(=O)Nc3ccccc3)cc2)CC1)C1CCCCC1. The molecule has 2 amide bonds. The highest BCUT2D eigenvalue weighted by Crippen LogP contribution is 2.24. The van der Waals surface area contributed by atoms with Gasteiger partial charge in [-0.1, -0.05) is 37.5 Å². The highest BCUT2D eigenvalue weighted by molar-refractivity contribution is 7.92. The number of likely N-dealkylation sites (tertiary alicyclic amines) is 1. The van der Waals surface area contributed by atoms with Crippen molar-refractivity contribution in [3.63, 3.8) is 0 Å².